The van der Waals surface area contributed by atoms with Crippen molar-refractivity contribution in [3.63, 3.8) is 0 Å². The molecule has 0 aromatic carbocycles. The second kappa shape index (κ2) is 5.71. The average Bonchev–Trinajstić information content (AvgIpc) is 2.47. The molecule has 116 valence electrons. The first kappa shape index (κ1) is 15.0. The van der Waals surface area contributed by atoms with Gasteiger partial charge in [-0.2, -0.15) is 0 Å². The lowest BCUT2D eigenvalue weighted by atomic mass is 9.69. The second-order valence-electron chi connectivity index (χ2n) is 6.28. The largest absolute Gasteiger partial charge is 0.396 e. The van der Waals surface area contributed by atoms with Crippen LogP contribution in [0.5, 0.6) is 0 Å². The van der Waals surface area contributed by atoms with Gasteiger partial charge in [0.2, 0.25) is 0 Å². The monoisotopic (exact) mass is 313 g/mol. The highest BCUT2D eigenvalue weighted by Crippen LogP contribution is 2.42. The minimum atomic E-state index is -0.377. The fraction of sp³-hybridized carbons (Fsp3) is 0.667. The van der Waals surface area contributed by atoms with Gasteiger partial charge in [0.05, 0.1) is 11.6 Å². The highest BCUT2D eigenvalue weighted by molar-refractivity contribution is 6.30. The Morgan fingerprint density at radius 2 is 2.29 bits per heavy atom. The first-order valence-electron chi connectivity index (χ1n) is 7.43. The lowest BCUT2D eigenvalue weighted by Gasteiger charge is -2.53. The third-order valence-electron chi connectivity index (χ3n) is 5.10. The Bertz CT molecular complexity index is 530. The lowest BCUT2D eigenvalue weighted by Crippen LogP contribution is -2.61. The number of aliphatic hydroxyl groups is 1. The summed E-state index contributed by atoms with van der Waals surface area (Å²) in [5.41, 5.74) is -0.0492. The average molecular weight is 314 g/mol. The van der Waals surface area contributed by atoms with E-state index in [0.717, 1.165) is 32.4 Å². The molecule has 2 fully saturated rings. The predicted molar refractivity (Wildman–Crippen MR) is 81.2 cm³/mol. The van der Waals surface area contributed by atoms with Crippen LogP contribution in [0.25, 0.3) is 0 Å². The zero-order valence-corrected chi connectivity index (χ0v) is 13.0. The van der Waals surface area contributed by atoms with Gasteiger partial charge < -0.3 is 14.9 Å². The van der Waals surface area contributed by atoms with Gasteiger partial charge >= 0.3 is 0 Å². The fourth-order valence-electron chi connectivity index (χ4n) is 3.85. The molecule has 6 heteroatoms. The Hall–Kier alpha value is -0.910. The molecule has 0 unspecified atom stereocenters. The third kappa shape index (κ3) is 2.62. The van der Waals surface area contributed by atoms with Gasteiger partial charge in [-0.15, -0.1) is 0 Å². The maximum absolute atomic E-state index is 14.1. The van der Waals surface area contributed by atoms with E-state index in [4.69, 9.17) is 11.6 Å². The number of hydrogen-bond acceptors (Lipinski definition) is 4. The Morgan fingerprint density at radius 3 is 3.00 bits per heavy atom. The van der Waals surface area contributed by atoms with Crippen LogP contribution in [0.15, 0.2) is 12.3 Å². The molecule has 1 aromatic heterocycles. The van der Waals surface area contributed by atoms with E-state index in [1.807, 2.05) is 4.90 Å². The number of pyridine rings is 1. The highest BCUT2D eigenvalue weighted by atomic mass is 35.5. The molecule has 4 nitrogen and oxygen atoms in total. The van der Waals surface area contributed by atoms with Crippen molar-refractivity contribution in [3.8, 4) is 0 Å². The first-order chi connectivity index (χ1) is 10.1. The number of rotatable bonds is 2. The fourth-order valence-corrected chi connectivity index (χ4v) is 3.99. The minimum Gasteiger partial charge on any atom is -0.396 e. The smallest absolute Gasteiger partial charge is 0.167 e. The number of aliphatic hydroxyl groups excluding tert-OH is 1. The van der Waals surface area contributed by atoms with Gasteiger partial charge in [-0.1, -0.05) is 11.6 Å². The molecule has 21 heavy (non-hydrogen) atoms. The Morgan fingerprint density at radius 1 is 1.48 bits per heavy atom. The topological polar surface area (TPSA) is 39.6 Å². The summed E-state index contributed by atoms with van der Waals surface area (Å²) >= 11 is 5.77. The van der Waals surface area contributed by atoms with Crippen LogP contribution in [-0.4, -0.2) is 54.3 Å². The Labute approximate surface area is 129 Å². The molecule has 3 rings (SSSR count). The van der Waals surface area contributed by atoms with Crippen LogP contribution in [0, 0.1) is 11.2 Å². The summed E-state index contributed by atoms with van der Waals surface area (Å²) in [7, 11) is 2.09. The van der Waals surface area contributed by atoms with Crippen LogP contribution in [0.4, 0.5) is 10.2 Å². The number of hydrogen-bond donors (Lipinski definition) is 1. The second-order valence-corrected chi connectivity index (χ2v) is 6.71. The van der Waals surface area contributed by atoms with Crippen LogP contribution in [0.2, 0.25) is 5.02 Å². The predicted octanol–water partition coefficient (Wildman–Crippen LogP) is 2.16. The maximum Gasteiger partial charge on any atom is 0.167 e. The molecule has 2 aliphatic rings. The summed E-state index contributed by atoms with van der Waals surface area (Å²) in [6.45, 7) is 2.64. The lowest BCUT2D eigenvalue weighted by molar-refractivity contribution is -0.0278. The summed E-state index contributed by atoms with van der Waals surface area (Å²) < 4.78 is 14.1. The van der Waals surface area contributed by atoms with Gasteiger partial charge in [0.25, 0.3) is 0 Å². The molecular formula is C15H21ClFN3O. The van der Waals surface area contributed by atoms with E-state index in [1.165, 1.54) is 12.3 Å². The molecule has 0 amide bonds. The highest BCUT2D eigenvalue weighted by Gasteiger charge is 2.46. The summed E-state index contributed by atoms with van der Waals surface area (Å²) in [5.74, 6) is -0.0117. The van der Waals surface area contributed by atoms with Crippen molar-refractivity contribution in [1.29, 1.82) is 0 Å². The van der Waals surface area contributed by atoms with E-state index in [0.29, 0.717) is 17.4 Å². The van der Waals surface area contributed by atoms with Crippen molar-refractivity contribution < 1.29 is 9.50 Å². The summed E-state index contributed by atoms with van der Waals surface area (Å²) in [4.78, 5) is 8.42. The molecule has 3 heterocycles. The van der Waals surface area contributed by atoms with Gasteiger partial charge in [-0.3, -0.25) is 0 Å². The van der Waals surface area contributed by atoms with Gasteiger partial charge in [-0.05, 0) is 38.9 Å². The van der Waals surface area contributed by atoms with E-state index in [2.05, 4.69) is 16.9 Å². The van der Waals surface area contributed by atoms with E-state index < -0.39 is 0 Å². The van der Waals surface area contributed by atoms with E-state index in [9.17, 15) is 9.50 Å². The molecule has 0 aliphatic carbocycles. The zero-order chi connectivity index (χ0) is 15.0. The Kier molecular flexibility index (Phi) is 4.08. The maximum atomic E-state index is 14.1. The molecule has 2 atom stereocenters. The van der Waals surface area contributed by atoms with E-state index >= 15 is 0 Å². The summed E-state index contributed by atoms with van der Waals surface area (Å²) in [6.07, 6.45) is 4.50. The van der Waals surface area contributed by atoms with Crippen LogP contribution in [0.3, 0.4) is 0 Å². The summed E-state index contributed by atoms with van der Waals surface area (Å²) in [5, 5.41) is 10.2. The van der Waals surface area contributed by atoms with Crippen molar-refractivity contribution >= 4 is 17.4 Å². The number of nitrogens with zero attached hydrogens (tertiary/aromatic N) is 3. The van der Waals surface area contributed by atoms with Crippen molar-refractivity contribution in [2.24, 2.45) is 5.41 Å². The Balaban J connectivity index is 1.85. The van der Waals surface area contributed by atoms with Crippen LogP contribution >= 0.6 is 11.6 Å². The zero-order valence-electron chi connectivity index (χ0n) is 12.2. The first-order valence-corrected chi connectivity index (χ1v) is 7.81. The van der Waals surface area contributed by atoms with Gasteiger partial charge in [0, 0.05) is 30.7 Å². The number of aromatic nitrogens is 1. The molecule has 0 bridgehead atoms. The molecule has 0 saturated carbocycles. The molecule has 2 saturated heterocycles. The van der Waals surface area contributed by atoms with Crippen molar-refractivity contribution in [3.05, 3.63) is 23.1 Å². The van der Waals surface area contributed by atoms with Crippen LogP contribution < -0.4 is 4.90 Å². The van der Waals surface area contributed by atoms with Gasteiger partial charge in [-0.25, -0.2) is 9.37 Å². The third-order valence-corrected chi connectivity index (χ3v) is 5.31. The van der Waals surface area contributed by atoms with Crippen LogP contribution in [-0.2, 0) is 0 Å². The van der Waals surface area contributed by atoms with Crippen LogP contribution in [0.1, 0.15) is 19.3 Å². The van der Waals surface area contributed by atoms with Gasteiger partial charge in [0.15, 0.2) is 11.6 Å². The van der Waals surface area contributed by atoms with Crippen molar-refractivity contribution in [2.45, 2.75) is 25.3 Å². The number of anilines is 1. The minimum absolute atomic E-state index is 0.0492. The molecule has 1 aromatic rings. The number of halogens is 2. The molecule has 1 N–H and O–H groups in total. The van der Waals surface area contributed by atoms with Gasteiger partial charge in [0.1, 0.15) is 0 Å². The number of likely N-dealkylation sites (N-methyl/N-ethyl adjacent to an activating group) is 1. The molecule has 0 spiro atoms. The number of piperidine rings is 2. The molecule has 0 radical (unpaired) electrons. The van der Waals surface area contributed by atoms with Crippen molar-refractivity contribution in [1.82, 2.24) is 9.88 Å². The van der Waals surface area contributed by atoms with E-state index in [-0.39, 0.29) is 23.9 Å². The quantitative estimate of drug-likeness (QED) is 0.908. The SMILES string of the molecule is CN1CCC[C@]2(CO)CCN(c3ncc(Cl)cc3F)C[C@@H]12. The number of likely N-dealkylation sites (tertiary alicyclic amines) is 1. The van der Waals surface area contributed by atoms with Crippen molar-refractivity contribution in [2.75, 3.05) is 38.2 Å². The standard InChI is InChI=1S/C15H21ClFN3O/c1-19-5-2-3-15(10-21)4-6-20(9-13(15)19)14-12(17)7-11(16)8-18-14/h7-8,13,21H,2-6,9-10H2,1H3/t13-,15-/m1/s1. The number of fused-ring (bicyclic) bond motifs is 1. The van der Waals surface area contributed by atoms with E-state index in [1.54, 1.807) is 0 Å². The molecular weight excluding hydrogens is 293 g/mol. The normalized spacial score (nSPS) is 30.3. The summed E-state index contributed by atoms with van der Waals surface area (Å²) in [6, 6.07) is 1.55. The molecule has 2 aliphatic heterocycles.